The van der Waals surface area contributed by atoms with Crippen LogP contribution < -0.4 is 10.6 Å². The van der Waals surface area contributed by atoms with Gasteiger partial charge in [0.15, 0.2) is 5.82 Å². The molecule has 19 heavy (non-hydrogen) atoms. The SMILES string of the molecule is CCC1(C(=O)Nc2c(F)ccc(C)c2F)CCCN1. The Bertz CT molecular complexity index is 496. The van der Waals surface area contributed by atoms with Crippen LogP contribution in [0.5, 0.6) is 0 Å². The largest absolute Gasteiger partial charge is 0.320 e. The standard InChI is InChI=1S/C14H18F2N2O/c1-3-14(7-4-8-17-14)13(19)18-12-10(15)6-5-9(2)11(12)16/h5-6,17H,3-4,7-8H2,1-2H3,(H,18,19). The predicted octanol–water partition coefficient (Wildman–Crippen LogP) is 2.74. The third kappa shape index (κ3) is 2.47. The monoisotopic (exact) mass is 268 g/mol. The van der Waals surface area contributed by atoms with Crippen LogP contribution in [0.4, 0.5) is 14.5 Å². The van der Waals surface area contributed by atoms with Crippen LogP contribution in [0.25, 0.3) is 0 Å². The van der Waals surface area contributed by atoms with Gasteiger partial charge in [0.05, 0.1) is 5.54 Å². The second-order valence-electron chi connectivity index (χ2n) is 4.97. The van der Waals surface area contributed by atoms with Crippen molar-refractivity contribution in [3.05, 3.63) is 29.3 Å². The Kier molecular flexibility index (Phi) is 3.85. The van der Waals surface area contributed by atoms with Gasteiger partial charge in [-0.3, -0.25) is 4.79 Å². The van der Waals surface area contributed by atoms with E-state index in [1.165, 1.54) is 13.0 Å². The lowest BCUT2D eigenvalue weighted by Gasteiger charge is -2.27. The van der Waals surface area contributed by atoms with Crippen molar-refractivity contribution in [2.24, 2.45) is 0 Å². The fourth-order valence-corrected chi connectivity index (χ4v) is 2.47. The van der Waals surface area contributed by atoms with Crippen LogP contribution in [0.1, 0.15) is 31.7 Å². The lowest BCUT2D eigenvalue weighted by Crippen LogP contribution is -2.50. The van der Waals surface area contributed by atoms with Crippen LogP contribution in [-0.4, -0.2) is 18.0 Å². The van der Waals surface area contributed by atoms with E-state index < -0.39 is 17.2 Å². The van der Waals surface area contributed by atoms with Gasteiger partial charge >= 0.3 is 0 Å². The van der Waals surface area contributed by atoms with Crippen molar-refractivity contribution >= 4 is 11.6 Å². The molecule has 1 unspecified atom stereocenters. The minimum absolute atomic E-state index is 0.307. The molecule has 1 aliphatic heterocycles. The van der Waals surface area contributed by atoms with Gasteiger partial charge in [-0.1, -0.05) is 13.0 Å². The highest BCUT2D eigenvalue weighted by molar-refractivity contribution is 5.98. The highest BCUT2D eigenvalue weighted by atomic mass is 19.1. The first-order valence-electron chi connectivity index (χ1n) is 6.51. The summed E-state index contributed by atoms with van der Waals surface area (Å²) >= 11 is 0. The Labute approximate surface area is 111 Å². The fourth-order valence-electron chi connectivity index (χ4n) is 2.47. The zero-order valence-corrected chi connectivity index (χ0v) is 11.1. The number of carbonyl (C=O) groups is 1. The molecule has 2 rings (SSSR count). The summed E-state index contributed by atoms with van der Waals surface area (Å²) in [4.78, 5) is 12.3. The van der Waals surface area contributed by atoms with Crippen molar-refractivity contribution in [3.8, 4) is 0 Å². The van der Waals surface area contributed by atoms with Gasteiger partial charge in [0.2, 0.25) is 5.91 Å². The van der Waals surface area contributed by atoms with Crippen LogP contribution >= 0.6 is 0 Å². The average Bonchev–Trinajstić information content (AvgIpc) is 2.89. The van der Waals surface area contributed by atoms with E-state index in [-0.39, 0.29) is 11.6 Å². The quantitative estimate of drug-likeness (QED) is 0.885. The van der Waals surface area contributed by atoms with Crippen molar-refractivity contribution in [3.63, 3.8) is 0 Å². The van der Waals surface area contributed by atoms with Gasteiger partial charge < -0.3 is 10.6 Å². The Hall–Kier alpha value is -1.49. The van der Waals surface area contributed by atoms with Gasteiger partial charge in [-0.25, -0.2) is 8.78 Å². The summed E-state index contributed by atoms with van der Waals surface area (Å²) in [6, 6.07) is 2.51. The zero-order chi connectivity index (χ0) is 14.0. The van der Waals surface area contributed by atoms with Crippen molar-refractivity contribution in [1.82, 2.24) is 5.32 Å². The van der Waals surface area contributed by atoms with Crippen LogP contribution in [0, 0.1) is 18.6 Å². The number of nitrogens with one attached hydrogen (secondary N) is 2. The molecule has 104 valence electrons. The molecule has 1 atom stereocenters. The Morgan fingerprint density at radius 2 is 2.21 bits per heavy atom. The Balaban J connectivity index is 2.26. The van der Waals surface area contributed by atoms with E-state index in [1.807, 2.05) is 6.92 Å². The third-order valence-electron chi connectivity index (χ3n) is 3.80. The molecule has 0 aromatic heterocycles. The summed E-state index contributed by atoms with van der Waals surface area (Å²) in [7, 11) is 0. The molecule has 0 radical (unpaired) electrons. The molecule has 1 fully saturated rings. The van der Waals surface area contributed by atoms with Crippen molar-refractivity contribution in [2.45, 2.75) is 38.6 Å². The van der Waals surface area contributed by atoms with E-state index in [2.05, 4.69) is 10.6 Å². The molecular formula is C14H18F2N2O. The fraction of sp³-hybridized carbons (Fsp3) is 0.500. The first-order chi connectivity index (χ1) is 9.00. The molecule has 1 aliphatic rings. The predicted molar refractivity (Wildman–Crippen MR) is 70.0 cm³/mol. The van der Waals surface area contributed by atoms with Crippen molar-refractivity contribution in [1.29, 1.82) is 0 Å². The molecule has 1 saturated heterocycles. The number of amides is 1. The second-order valence-corrected chi connectivity index (χ2v) is 4.97. The number of anilines is 1. The molecular weight excluding hydrogens is 250 g/mol. The number of hydrogen-bond acceptors (Lipinski definition) is 2. The first-order valence-corrected chi connectivity index (χ1v) is 6.51. The van der Waals surface area contributed by atoms with E-state index >= 15 is 0 Å². The molecule has 0 saturated carbocycles. The highest BCUT2D eigenvalue weighted by Crippen LogP contribution is 2.27. The lowest BCUT2D eigenvalue weighted by atomic mass is 9.93. The van der Waals surface area contributed by atoms with Crippen molar-refractivity contribution < 1.29 is 13.6 Å². The number of carbonyl (C=O) groups excluding carboxylic acids is 1. The summed E-state index contributed by atoms with van der Waals surface area (Å²) in [5.41, 5.74) is -0.754. The van der Waals surface area contributed by atoms with Crippen LogP contribution in [-0.2, 0) is 4.79 Å². The average molecular weight is 268 g/mol. The van der Waals surface area contributed by atoms with Crippen LogP contribution in [0.3, 0.4) is 0 Å². The summed E-state index contributed by atoms with van der Waals surface area (Å²) < 4.78 is 27.5. The highest BCUT2D eigenvalue weighted by Gasteiger charge is 2.39. The molecule has 3 nitrogen and oxygen atoms in total. The number of aryl methyl sites for hydroxylation is 1. The molecule has 1 amide bonds. The molecule has 0 spiro atoms. The lowest BCUT2D eigenvalue weighted by molar-refractivity contribution is -0.122. The molecule has 1 aromatic carbocycles. The molecule has 0 bridgehead atoms. The van der Waals surface area contributed by atoms with Gasteiger partial charge in [0.1, 0.15) is 11.5 Å². The molecule has 1 aromatic rings. The smallest absolute Gasteiger partial charge is 0.244 e. The topological polar surface area (TPSA) is 41.1 Å². The summed E-state index contributed by atoms with van der Waals surface area (Å²) in [5.74, 6) is -1.82. The van der Waals surface area contributed by atoms with Gasteiger partial charge in [-0.2, -0.15) is 0 Å². The minimum Gasteiger partial charge on any atom is -0.320 e. The van der Waals surface area contributed by atoms with Gasteiger partial charge in [0, 0.05) is 0 Å². The van der Waals surface area contributed by atoms with Gasteiger partial charge in [-0.15, -0.1) is 0 Å². The number of benzene rings is 1. The van der Waals surface area contributed by atoms with Gasteiger partial charge in [-0.05, 0) is 44.4 Å². The molecule has 2 N–H and O–H groups in total. The number of halogens is 2. The minimum atomic E-state index is -0.749. The van der Waals surface area contributed by atoms with Gasteiger partial charge in [0.25, 0.3) is 0 Å². The van der Waals surface area contributed by atoms with E-state index in [4.69, 9.17) is 0 Å². The van der Waals surface area contributed by atoms with Crippen LogP contribution in [0.15, 0.2) is 12.1 Å². The van der Waals surface area contributed by atoms with E-state index in [1.54, 1.807) is 0 Å². The maximum Gasteiger partial charge on any atom is 0.244 e. The summed E-state index contributed by atoms with van der Waals surface area (Å²) in [6.07, 6.45) is 2.16. The number of hydrogen-bond donors (Lipinski definition) is 2. The van der Waals surface area contributed by atoms with Crippen LogP contribution in [0.2, 0.25) is 0 Å². The van der Waals surface area contributed by atoms with E-state index in [9.17, 15) is 13.6 Å². The molecule has 1 heterocycles. The first kappa shape index (κ1) is 13.9. The maximum absolute atomic E-state index is 13.9. The summed E-state index contributed by atoms with van der Waals surface area (Å²) in [5, 5.41) is 5.54. The normalized spacial score (nSPS) is 22.5. The number of rotatable bonds is 3. The molecule has 0 aliphatic carbocycles. The van der Waals surface area contributed by atoms with Crippen molar-refractivity contribution in [2.75, 3.05) is 11.9 Å². The van der Waals surface area contributed by atoms with E-state index in [0.29, 0.717) is 18.4 Å². The summed E-state index contributed by atoms with van der Waals surface area (Å²) in [6.45, 7) is 4.18. The Morgan fingerprint density at radius 3 is 2.79 bits per heavy atom. The third-order valence-corrected chi connectivity index (χ3v) is 3.80. The second kappa shape index (κ2) is 5.25. The zero-order valence-electron chi connectivity index (χ0n) is 11.1. The molecule has 5 heteroatoms. The van der Waals surface area contributed by atoms with E-state index in [0.717, 1.165) is 19.0 Å². The maximum atomic E-state index is 13.9. The Morgan fingerprint density at radius 1 is 1.47 bits per heavy atom.